The summed E-state index contributed by atoms with van der Waals surface area (Å²) in [4.78, 5) is 3.91. The van der Waals surface area contributed by atoms with Crippen LogP contribution in [-0.4, -0.2) is 17.2 Å². The van der Waals surface area contributed by atoms with Crippen molar-refractivity contribution in [3.05, 3.63) is 36.4 Å². The van der Waals surface area contributed by atoms with Gasteiger partial charge in [0.05, 0.1) is 13.7 Å². The van der Waals surface area contributed by atoms with Gasteiger partial charge in [0.15, 0.2) is 12.2 Å². The first kappa shape index (κ1) is 9.73. The minimum atomic E-state index is -0.127. The summed E-state index contributed by atoms with van der Waals surface area (Å²) >= 11 is 0. The first-order valence-electron chi connectivity index (χ1n) is 4.53. The van der Waals surface area contributed by atoms with Crippen molar-refractivity contribution in [1.29, 1.82) is 0 Å². The molecule has 0 spiro atoms. The van der Waals surface area contributed by atoms with Gasteiger partial charge in [0.25, 0.3) is 0 Å². The molecule has 0 saturated carbocycles. The number of rotatable bonds is 3. The largest absolute Gasteiger partial charge is 0.497 e. The average molecular weight is 205 g/mol. The fourth-order valence-electron chi connectivity index (χ4n) is 1.36. The molecule has 0 fully saturated rings. The van der Waals surface area contributed by atoms with Gasteiger partial charge in [-0.2, -0.15) is 0 Å². The number of aromatic nitrogens is 1. The molecule has 0 saturated heterocycles. The van der Waals surface area contributed by atoms with Gasteiger partial charge in [-0.3, -0.25) is 0 Å². The standard InChI is InChI=1S/C11H11NO3/c1-14-9-4-2-8(3-5-9)11-10(6-13)12-7-15-11/h2-5,7,13H,6H2,1H3. The Morgan fingerprint density at radius 3 is 2.67 bits per heavy atom. The number of ether oxygens (including phenoxy) is 1. The topological polar surface area (TPSA) is 55.5 Å². The highest BCUT2D eigenvalue weighted by atomic mass is 16.5. The lowest BCUT2D eigenvalue weighted by molar-refractivity contribution is 0.277. The van der Waals surface area contributed by atoms with Crippen LogP contribution in [-0.2, 0) is 6.61 Å². The fourth-order valence-corrected chi connectivity index (χ4v) is 1.36. The van der Waals surface area contributed by atoms with E-state index in [1.165, 1.54) is 6.39 Å². The maximum Gasteiger partial charge on any atom is 0.181 e. The van der Waals surface area contributed by atoms with Crippen LogP contribution in [0.1, 0.15) is 5.69 Å². The van der Waals surface area contributed by atoms with Gasteiger partial charge in [-0.15, -0.1) is 0 Å². The number of oxazole rings is 1. The van der Waals surface area contributed by atoms with Gasteiger partial charge in [0.1, 0.15) is 11.4 Å². The van der Waals surface area contributed by atoms with E-state index >= 15 is 0 Å². The van der Waals surface area contributed by atoms with Crippen molar-refractivity contribution in [2.24, 2.45) is 0 Å². The zero-order valence-electron chi connectivity index (χ0n) is 8.30. The van der Waals surface area contributed by atoms with E-state index in [2.05, 4.69) is 4.98 Å². The quantitative estimate of drug-likeness (QED) is 0.830. The summed E-state index contributed by atoms with van der Waals surface area (Å²) in [6.07, 6.45) is 1.32. The summed E-state index contributed by atoms with van der Waals surface area (Å²) in [5.74, 6) is 1.38. The Bertz CT molecular complexity index is 433. The van der Waals surface area contributed by atoms with E-state index < -0.39 is 0 Å². The van der Waals surface area contributed by atoms with Gasteiger partial charge in [0.2, 0.25) is 0 Å². The highest BCUT2D eigenvalue weighted by molar-refractivity contribution is 5.60. The van der Waals surface area contributed by atoms with Crippen LogP contribution in [0.5, 0.6) is 5.75 Å². The fraction of sp³-hybridized carbons (Fsp3) is 0.182. The zero-order valence-corrected chi connectivity index (χ0v) is 8.30. The molecule has 2 aromatic rings. The summed E-state index contributed by atoms with van der Waals surface area (Å²) in [6, 6.07) is 7.38. The molecule has 1 aromatic heterocycles. The molecule has 0 amide bonds. The Balaban J connectivity index is 2.37. The van der Waals surface area contributed by atoms with Crippen molar-refractivity contribution in [2.45, 2.75) is 6.61 Å². The number of benzene rings is 1. The minimum Gasteiger partial charge on any atom is -0.497 e. The molecule has 0 aliphatic rings. The Hall–Kier alpha value is -1.81. The van der Waals surface area contributed by atoms with Crippen molar-refractivity contribution in [1.82, 2.24) is 4.98 Å². The van der Waals surface area contributed by atoms with Gasteiger partial charge in [-0.25, -0.2) is 4.98 Å². The van der Waals surface area contributed by atoms with E-state index in [9.17, 15) is 0 Å². The minimum absolute atomic E-state index is 0.127. The maximum absolute atomic E-state index is 9.02. The number of hydrogen-bond acceptors (Lipinski definition) is 4. The number of methoxy groups -OCH3 is 1. The molecule has 1 aromatic carbocycles. The second-order valence-corrected chi connectivity index (χ2v) is 3.01. The summed E-state index contributed by atoms with van der Waals surface area (Å²) in [5.41, 5.74) is 1.41. The van der Waals surface area contributed by atoms with Crippen LogP contribution in [0.15, 0.2) is 35.1 Å². The molecule has 0 aliphatic heterocycles. The third-order valence-electron chi connectivity index (χ3n) is 2.14. The van der Waals surface area contributed by atoms with E-state index in [1.807, 2.05) is 24.3 Å². The lowest BCUT2D eigenvalue weighted by atomic mass is 10.1. The predicted molar refractivity (Wildman–Crippen MR) is 54.4 cm³/mol. The van der Waals surface area contributed by atoms with Gasteiger partial charge in [-0.1, -0.05) is 0 Å². The van der Waals surface area contributed by atoms with Crippen molar-refractivity contribution in [3.63, 3.8) is 0 Å². The first-order chi connectivity index (χ1) is 7.35. The molecule has 4 heteroatoms. The van der Waals surface area contributed by atoms with E-state index in [0.717, 1.165) is 11.3 Å². The smallest absolute Gasteiger partial charge is 0.181 e. The Labute approximate surface area is 87.1 Å². The molecule has 15 heavy (non-hydrogen) atoms. The molecular weight excluding hydrogens is 194 g/mol. The van der Waals surface area contributed by atoms with Crippen molar-refractivity contribution in [2.75, 3.05) is 7.11 Å². The Kier molecular flexibility index (Phi) is 2.69. The van der Waals surface area contributed by atoms with Crippen LogP contribution in [0.4, 0.5) is 0 Å². The van der Waals surface area contributed by atoms with Crippen LogP contribution in [0.25, 0.3) is 11.3 Å². The van der Waals surface area contributed by atoms with Gasteiger partial charge < -0.3 is 14.3 Å². The molecule has 0 atom stereocenters. The third kappa shape index (κ3) is 1.85. The summed E-state index contributed by atoms with van der Waals surface area (Å²) in [5, 5.41) is 9.02. The molecule has 78 valence electrons. The van der Waals surface area contributed by atoms with E-state index in [-0.39, 0.29) is 6.61 Å². The second-order valence-electron chi connectivity index (χ2n) is 3.01. The van der Waals surface area contributed by atoms with Crippen molar-refractivity contribution < 1.29 is 14.3 Å². The van der Waals surface area contributed by atoms with Gasteiger partial charge in [-0.05, 0) is 24.3 Å². The van der Waals surface area contributed by atoms with E-state index in [0.29, 0.717) is 11.5 Å². The highest BCUT2D eigenvalue weighted by Gasteiger charge is 2.09. The normalized spacial score (nSPS) is 10.3. The molecule has 1 heterocycles. The number of aliphatic hydroxyl groups is 1. The van der Waals surface area contributed by atoms with Crippen molar-refractivity contribution >= 4 is 0 Å². The molecule has 0 radical (unpaired) electrons. The van der Waals surface area contributed by atoms with Crippen LogP contribution in [0.2, 0.25) is 0 Å². The second kappa shape index (κ2) is 4.14. The van der Waals surface area contributed by atoms with Crippen LogP contribution >= 0.6 is 0 Å². The highest BCUT2D eigenvalue weighted by Crippen LogP contribution is 2.25. The Morgan fingerprint density at radius 2 is 2.07 bits per heavy atom. The third-order valence-corrected chi connectivity index (χ3v) is 2.14. The van der Waals surface area contributed by atoms with Crippen LogP contribution in [0.3, 0.4) is 0 Å². The molecule has 4 nitrogen and oxygen atoms in total. The maximum atomic E-state index is 9.02. The summed E-state index contributed by atoms with van der Waals surface area (Å²) in [6.45, 7) is -0.127. The van der Waals surface area contributed by atoms with E-state index in [1.54, 1.807) is 7.11 Å². The molecule has 0 bridgehead atoms. The lowest BCUT2D eigenvalue weighted by Crippen LogP contribution is -1.87. The zero-order chi connectivity index (χ0) is 10.7. The molecule has 2 rings (SSSR count). The van der Waals surface area contributed by atoms with Gasteiger partial charge in [0, 0.05) is 5.56 Å². The first-order valence-corrected chi connectivity index (χ1v) is 4.53. The van der Waals surface area contributed by atoms with Crippen LogP contribution in [0, 0.1) is 0 Å². The summed E-state index contributed by atoms with van der Waals surface area (Å²) in [7, 11) is 1.61. The predicted octanol–water partition coefficient (Wildman–Crippen LogP) is 1.84. The molecule has 0 unspecified atom stereocenters. The monoisotopic (exact) mass is 205 g/mol. The summed E-state index contributed by atoms with van der Waals surface area (Å²) < 4.78 is 10.3. The van der Waals surface area contributed by atoms with Crippen LogP contribution < -0.4 is 4.74 Å². The number of aliphatic hydroxyl groups excluding tert-OH is 1. The SMILES string of the molecule is COc1ccc(-c2ocnc2CO)cc1. The van der Waals surface area contributed by atoms with Gasteiger partial charge >= 0.3 is 0 Å². The molecule has 1 N–H and O–H groups in total. The average Bonchev–Trinajstić information content (AvgIpc) is 2.77. The lowest BCUT2D eigenvalue weighted by Gasteiger charge is -2.01. The number of nitrogens with zero attached hydrogens (tertiary/aromatic N) is 1. The molecular formula is C11H11NO3. The Morgan fingerprint density at radius 1 is 1.33 bits per heavy atom. The van der Waals surface area contributed by atoms with E-state index in [4.69, 9.17) is 14.3 Å². The molecule has 0 aliphatic carbocycles. The van der Waals surface area contributed by atoms with Crippen molar-refractivity contribution in [3.8, 4) is 17.1 Å². The number of hydrogen-bond donors (Lipinski definition) is 1.